The normalized spacial score (nSPS) is 13.2. The van der Waals surface area contributed by atoms with Gasteiger partial charge in [0.25, 0.3) is 0 Å². The fraction of sp³-hybridized carbons (Fsp3) is 0.467. The van der Waals surface area contributed by atoms with Crippen LogP contribution in [-0.4, -0.2) is 56.4 Å². The van der Waals surface area contributed by atoms with Crippen molar-refractivity contribution < 1.29 is 28.7 Å². The molecule has 0 aliphatic carbocycles. The van der Waals surface area contributed by atoms with E-state index in [0.717, 1.165) is 11.1 Å². The monoisotopic (exact) mass is 539 g/mol. The molecular formula is C30H41N3O6. The number of amides is 3. The molecule has 0 heterocycles. The fourth-order valence-electron chi connectivity index (χ4n) is 4.04. The second-order valence-electron chi connectivity index (χ2n) is 10.3. The fourth-order valence-corrected chi connectivity index (χ4v) is 4.04. The Hall–Kier alpha value is -3.88. The predicted octanol–water partition coefficient (Wildman–Crippen LogP) is 2.84. The molecule has 2 rings (SSSR count). The highest BCUT2D eigenvalue weighted by molar-refractivity contribution is 5.93. The molecule has 2 aromatic carbocycles. The lowest BCUT2D eigenvalue weighted by molar-refractivity contribution is -0.133. The average molecular weight is 540 g/mol. The Bertz CT molecular complexity index is 1080. The van der Waals surface area contributed by atoms with Crippen molar-refractivity contribution in [2.75, 3.05) is 14.2 Å². The van der Waals surface area contributed by atoms with Gasteiger partial charge in [0.05, 0.1) is 20.3 Å². The number of ether oxygens (including phenoxy) is 2. The van der Waals surface area contributed by atoms with Crippen molar-refractivity contribution in [3.63, 3.8) is 0 Å². The van der Waals surface area contributed by atoms with Gasteiger partial charge in [-0.05, 0) is 53.6 Å². The summed E-state index contributed by atoms with van der Waals surface area (Å²) >= 11 is 0. The molecule has 0 aliphatic rings. The highest BCUT2D eigenvalue weighted by atomic mass is 16.5. The summed E-state index contributed by atoms with van der Waals surface area (Å²) in [7, 11) is 3.14. The lowest BCUT2D eigenvalue weighted by atomic mass is 9.99. The molecule has 9 heteroatoms. The van der Waals surface area contributed by atoms with Crippen LogP contribution in [0.1, 0.15) is 45.2 Å². The average Bonchev–Trinajstić information content (AvgIpc) is 2.90. The molecule has 0 saturated carbocycles. The maximum absolute atomic E-state index is 13.4. The molecule has 0 fully saturated rings. The van der Waals surface area contributed by atoms with E-state index in [2.05, 4.69) is 16.0 Å². The Kier molecular flexibility index (Phi) is 12.5. The van der Waals surface area contributed by atoms with Crippen LogP contribution >= 0.6 is 0 Å². The number of hydrogen-bond acceptors (Lipinski definition) is 6. The van der Waals surface area contributed by atoms with Gasteiger partial charge in [0.2, 0.25) is 17.7 Å². The SMILES string of the molecule is COc1ccc(CC(C=O)NC(=O)[C@@H](NC(=O)[C@H](Cc2ccc(OC)cc2)NC(=O)CC(C)C)C(C)C)cc1. The standard InChI is InChI=1S/C30H41N3O6/c1-19(2)15-27(35)32-26(17-22-9-13-25(39-6)14-10-22)29(36)33-28(20(3)4)30(37)31-23(18-34)16-21-7-11-24(38-5)12-8-21/h7-14,18-20,23,26,28H,15-17H2,1-6H3,(H,31,37)(H,32,35)(H,33,36)/t23?,26-,28-/m0/s1. The van der Waals surface area contributed by atoms with E-state index in [1.54, 1.807) is 52.3 Å². The molecule has 0 saturated heterocycles. The van der Waals surface area contributed by atoms with Crippen LogP contribution in [0.5, 0.6) is 11.5 Å². The molecule has 3 amide bonds. The molecule has 212 valence electrons. The third kappa shape index (κ3) is 10.4. The van der Waals surface area contributed by atoms with Gasteiger partial charge in [-0.15, -0.1) is 0 Å². The maximum Gasteiger partial charge on any atom is 0.243 e. The second-order valence-corrected chi connectivity index (χ2v) is 10.3. The van der Waals surface area contributed by atoms with Crippen LogP contribution in [0.3, 0.4) is 0 Å². The number of aldehydes is 1. The van der Waals surface area contributed by atoms with Crippen LogP contribution in [0, 0.1) is 11.8 Å². The minimum Gasteiger partial charge on any atom is -0.497 e. The zero-order valence-corrected chi connectivity index (χ0v) is 23.7. The maximum atomic E-state index is 13.4. The van der Waals surface area contributed by atoms with Crippen molar-refractivity contribution in [1.82, 2.24) is 16.0 Å². The summed E-state index contributed by atoms with van der Waals surface area (Å²) in [5, 5.41) is 8.37. The number of methoxy groups -OCH3 is 2. The van der Waals surface area contributed by atoms with E-state index < -0.39 is 29.9 Å². The Morgan fingerprint density at radius 1 is 0.744 bits per heavy atom. The summed E-state index contributed by atoms with van der Waals surface area (Å²) in [6, 6.07) is 11.9. The first kappa shape index (κ1) is 31.3. The first-order valence-electron chi connectivity index (χ1n) is 13.2. The van der Waals surface area contributed by atoms with Crippen LogP contribution in [0.15, 0.2) is 48.5 Å². The minimum atomic E-state index is -0.906. The van der Waals surface area contributed by atoms with Gasteiger partial charge in [-0.2, -0.15) is 0 Å². The number of carbonyl (C=O) groups is 4. The van der Waals surface area contributed by atoms with Crippen LogP contribution in [-0.2, 0) is 32.0 Å². The summed E-state index contributed by atoms with van der Waals surface area (Å²) in [4.78, 5) is 50.9. The Morgan fingerprint density at radius 2 is 1.26 bits per heavy atom. The molecule has 1 unspecified atom stereocenters. The van der Waals surface area contributed by atoms with Gasteiger partial charge in [-0.25, -0.2) is 0 Å². The van der Waals surface area contributed by atoms with Gasteiger partial charge in [-0.3, -0.25) is 14.4 Å². The second kappa shape index (κ2) is 15.5. The summed E-state index contributed by atoms with van der Waals surface area (Å²) < 4.78 is 10.4. The highest BCUT2D eigenvalue weighted by Crippen LogP contribution is 2.15. The van der Waals surface area contributed by atoms with Crippen molar-refractivity contribution in [3.05, 3.63) is 59.7 Å². The van der Waals surface area contributed by atoms with Gasteiger partial charge >= 0.3 is 0 Å². The van der Waals surface area contributed by atoms with Gasteiger partial charge in [0.15, 0.2) is 0 Å². The lowest BCUT2D eigenvalue weighted by Gasteiger charge is -2.26. The molecular weight excluding hydrogens is 498 g/mol. The van der Waals surface area contributed by atoms with Crippen LogP contribution in [0.25, 0.3) is 0 Å². The van der Waals surface area contributed by atoms with Gasteiger partial charge < -0.3 is 30.2 Å². The van der Waals surface area contributed by atoms with E-state index in [-0.39, 0.29) is 30.6 Å². The molecule has 39 heavy (non-hydrogen) atoms. The smallest absolute Gasteiger partial charge is 0.243 e. The number of carbonyl (C=O) groups excluding carboxylic acids is 4. The predicted molar refractivity (Wildman–Crippen MR) is 150 cm³/mol. The molecule has 0 bridgehead atoms. The number of benzene rings is 2. The summed E-state index contributed by atoms with van der Waals surface area (Å²) in [5.74, 6) is 0.0299. The topological polar surface area (TPSA) is 123 Å². The summed E-state index contributed by atoms with van der Waals surface area (Å²) in [6.07, 6.45) is 1.48. The first-order chi connectivity index (χ1) is 18.6. The molecule has 0 aliphatic heterocycles. The first-order valence-corrected chi connectivity index (χ1v) is 13.2. The van der Waals surface area contributed by atoms with Crippen molar-refractivity contribution in [2.24, 2.45) is 11.8 Å². The van der Waals surface area contributed by atoms with Crippen molar-refractivity contribution in [3.8, 4) is 11.5 Å². The summed E-state index contributed by atoms with van der Waals surface area (Å²) in [6.45, 7) is 7.46. The van der Waals surface area contributed by atoms with E-state index in [4.69, 9.17) is 9.47 Å². The van der Waals surface area contributed by atoms with E-state index in [1.165, 1.54) is 0 Å². The van der Waals surface area contributed by atoms with Crippen molar-refractivity contribution in [1.29, 1.82) is 0 Å². The molecule has 0 aromatic heterocycles. The molecule has 2 aromatic rings. The lowest BCUT2D eigenvalue weighted by Crippen LogP contribution is -2.57. The third-order valence-electron chi connectivity index (χ3n) is 6.20. The number of rotatable bonds is 15. The number of nitrogens with one attached hydrogen (secondary N) is 3. The largest absolute Gasteiger partial charge is 0.497 e. The Morgan fingerprint density at radius 3 is 1.69 bits per heavy atom. The van der Waals surface area contributed by atoms with Gasteiger partial charge in [-0.1, -0.05) is 52.0 Å². The molecule has 0 radical (unpaired) electrons. The molecule has 0 spiro atoms. The Balaban J connectivity index is 2.14. The van der Waals surface area contributed by atoms with Crippen molar-refractivity contribution >= 4 is 24.0 Å². The van der Waals surface area contributed by atoms with E-state index in [9.17, 15) is 19.2 Å². The minimum absolute atomic E-state index is 0.120. The van der Waals surface area contributed by atoms with E-state index >= 15 is 0 Å². The zero-order chi connectivity index (χ0) is 28.9. The zero-order valence-electron chi connectivity index (χ0n) is 23.7. The van der Waals surface area contributed by atoms with Gasteiger partial charge in [0.1, 0.15) is 29.9 Å². The van der Waals surface area contributed by atoms with Crippen LogP contribution in [0.2, 0.25) is 0 Å². The highest BCUT2D eigenvalue weighted by Gasteiger charge is 2.30. The molecule has 9 nitrogen and oxygen atoms in total. The third-order valence-corrected chi connectivity index (χ3v) is 6.20. The van der Waals surface area contributed by atoms with Gasteiger partial charge in [0, 0.05) is 12.8 Å². The van der Waals surface area contributed by atoms with Crippen LogP contribution in [0.4, 0.5) is 0 Å². The van der Waals surface area contributed by atoms with E-state index in [0.29, 0.717) is 24.2 Å². The quantitative estimate of drug-likeness (QED) is 0.299. The van der Waals surface area contributed by atoms with Crippen molar-refractivity contribution in [2.45, 2.75) is 65.1 Å². The Labute approximate surface area is 231 Å². The van der Waals surface area contributed by atoms with E-state index in [1.807, 2.05) is 38.1 Å². The molecule has 3 N–H and O–H groups in total. The molecule has 3 atom stereocenters. The summed E-state index contributed by atoms with van der Waals surface area (Å²) in [5.41, 5.74) is 1.68. The number of hydrogen-bond donors (Lipinski definition) is 3. The van der Waals surface area contributed by atoms with Crippen LogP contribution < -0.4 is 25.4 Å².